The van der Waals surface area contributed by atoms with Crippen LogP contribution in [0.15, 0.2) is 24.3 Å². The van der Waals surface area contributed by atoms with Crippen LogP contribution in [-0.2, 0) is 11.2 Å². The van der Waals surface area contributed by atoms with Crippen molar-refractivity contribution in [2.45, 2.75) is 33.1 Å². The van der Waals surface area contributed by atoms with Crippen LogP contribution in [0.1, 0.15) is 32.3 Å². The molecule has 0 aliphatic rings. The van der Waals surface area contributed by atoms with Gasteiger partial charge in [-0.3, -0.25) is 5.43 Å². The van der Waals surface area contributed by atoms with E-state index in [0.29, 0.717) is 11.7 Å². The summed E-state index contributed by atoms with van der Waals surface area (Å²) in [5, 5.41) is 3.28. The molecule has 0 saturated carbocycles. The Labute approximate surface area is 125 Å². The number of thiocarbonyl (C=S) groups is 1. The summed E-state index contributed by atoms with van der Waals surface area (Å²) < 4.78 is 4.70. The molecule has 0 fully saturated rings. The monoisotopic (exact) mass is 295 g/mol. The third-order valence-electron chi connectivity index (χ3n) is 2.58. The molecule has 0 spiro atoms. The van der Waals surface area contributed by atoms with E-state index in [0.717, 1.165) is 12.1 Å². The SMILES string of the molecule is CCCCc1ccc(NC(=S)NNC(=O)OCC)cc1. The van der Waals surface area contributed by atoms with Crippen LogP contribution in [0.4, 0.5) is 10.5 Å². The number of carbonyl (C=O) groups excluding carboxylic acids is 1. The van der Waals surface area contributed by atoms with Gasteiger partial charge in [0.15, 0.2) is 5.11 Å². The molecule has 6 heteroatoms. The highest BCUT2D eigenvalue weighted by atomic mass is 32.1. The van der Waals surface area contributed by atoms with Crippen molar-refractivity contribution in [2.24, 2.45) is 0 Å². The fourth-order valence-corrected chi connectivity index (χ4v) is 1.74. The Hall–Kier alpha value is -1.82. The quantitative estimate of drug-likeness (QED) is 0.576. The molecule has 0 aliphatic carbocycles. The molecule has 20 heavy (non-hydrogen) atoms. The van der Waals surface area contributed by atoms with Crippen LogP contribution >= 0.6 is 12.2 Å². The number of anilines is 1. The van der Waals surface area contributed by atoms with Gasteiger partial charge in [-0.2, -0.15) is 0 Å². The summed E-state index contributed by atoms with van der Waals surface area (Å²) in [7, 11) is 0. The fraction of sp³-hybridized carbons (Fsp3) is 0.429. The van der Waals surface area contributed by atoms with Crippen LogP contribution in [0.3, 0.4) is 0 Å². The number of hydrazine groups is 1. The van der Waals surface area contributed by atoms with E-state index in [9.17, 15) is 4.79 Å². The molecule has 0 atom stereocenters. The second-order valence-electron chi connectivity index (χ2n) is 4.23. The topological polar surface area (TPSA) is 62.4 Å². The molecule has 0 heterocycles. The van der Waals surface area contributed by atoms with Crippen LogP contribution in [0, 0.1) is 0 Å². The Kier molecular flexibility index (Phi) is 7.42. The smallest absolute Gasteiger partial charge is 0.425 e. The highest BCUT2D eigenvalue weighted by Gasteiger charge is 2.01. The second kappa shape index (κ2) is 9.14. The first-order chi connectivity index (χ1) is 9.65. The minimum absolute atomic E-state index is 0.305. The minimum atomic E-state index is -0.563. The highest BCUT2D eigenvalue weighted by Crippen LogP contribution is 2.11. The lowest BCUT2D eigenvalue weighted by molar-refractivity contribution is 0.150. The molecule has 0 saturated heterocycles. The van der Waals surface area contributed by atoms with Gasteiger partial charge in [0.2, 0.25) is 0 Å². The van der Waals surface area contributed by atoms with Gasteiger partial charge < -0.3 is 10.1 Å². The first kappa shape index (κ1) is 16.2. The number of aryl methyl sites for hydroxylation is 1. The molecule has 3 N–H and O–H groups in total. The fourth-order valence-electron chi connectivity index (χ4n) is 1.57. The van der Waals surface area contributed by atoms with Gasteiger partial charge >= 0.3 is 6.09 Å². The molecule has 0 radical (unpaired) electrons. The zero-order valence-electron chi connectivity index (χ0n) is 11.9. The normalized spacial score (nSPS) is 9.70. The zero-order valence-corrected chi connectivity index (χ0v) is 12.7. The summed E-state index contributed by atoms with van der Waals surface area (Å²) in [6.07, 6.45) is 2.90. The van der Waals surface area contributed by atoms with Gasteiger partial charge in [0.1, 0.15) is 0 Å². The van der Waals surface area contributed by atoms with E-state index >= 15 is 0 Å². The first-order valence-electron chi connectivity index (χ1n) is 6.74. The van der Waals surface area contributed by atoms with Gasteiger partial charge in [-0.15, -0.1) is 0 Å². The Bertz CT molecular complexity index is 435. The average molecular weight is 295 g/mol. The first-order valence-corrected chi connectivity index (χ1v) is 7.15. The predicted octanol–water partition coefficient (Wildman–Crippen LogP) is 2.98. The standard InChI is InChI=1S/C14H21N3O2S/c1-3-5-6-11-7-9-12(10-8-11)15-13(20)16-17-14(18)19-4-2/h7-10H,3-6H2,1-2H3,(H,17,18)(H2,15,16,20). The van der Waals surface area contributed by atoms with Gasteiger partial charge in [0, 0.05) is 5.69 Å². The summed E-state index contributed by atoms with van der Waals surface area (Å²) in [5.41, 5.74) is 7.06. The van der Waals surface area contributed by atoms with Gasteiger partial charge in [0.25, 0.3) is 0 Å². The lowest BCUT2D eigenvalue weighted by Crippen LogP contribution is -2.44. The van der Waals surface area contributed by atoms with Crippen molar-refractivity contribution in [3.05, 3.63) is 29.8 Å². The number of hydrogen-bond donors (Lipinski definition) is 3. The van der Waals surface area contributed by atoms with Crippen LogP contribution in [0.2, 0.25) is 0 Å². The van der Waals surface area contributed by atoms with E-state index in [1.54, 1.807) is 6.92 Å². The highest BCUT2D eigenvalue weighted by molar-refractivity contribution is 7.80. The Balaban J connectivity index is 2.36. The van der Waals surface area contributed by atoms with Crippen molar-refractivity contribution >= 4 is 29.1 Å². The van der Waals surface area contributed by atoms with Crippen molar-refractivity contribution in [2.75, 3.05) is 11.9 Å². The van der Waals surface area contributed by atoms with E-state index in [2.05, 4.69) is 35.2 Å². The molecule has 0 aliphatic heterocycles. The summed E-state index contributed by atoms with van der Waals surface area (Å²) in [6, 6.07) is 8.06. The number of carbonyl (C=O) groups is 1. The molecule has 110 valence electrons. The second-order valence-corrected chi connectivity index (χ2v) is 4.63. The molecule has 1 aromatic rings. The molecular formula is C14H21N3O2S. The molecule has 5 nitrogen and oxygen atoms in total. The number of unbranched alkanes of at least 4 members (excludes halogenated alkanes) is 1. The predicted molar refractivity (Wildman–Crippen MR) is 84.6 cm³/mol. The van der Waals surface area contributed by atoms with E-state index in [-0.39, 0.29) is 0 Å². The van der Waals surface area contributed by atoms with Gasteiger partial charge in [0.05, 0.1) is 6.61 Å². The van der Waals surface area contributed by atoms with Gasteiger partial charge in [-0.05, 0) is 49.7 Å². The lowest BCUT2D eigenvalue weighted by atomic mass is 10.1. The van der Waals surface area contributed by atoms with E-state index in [4.69, 9.17) is 17.0 Å². The van der Waals surface area contributed by atoms with Crippen molar-refractivity contribution in [3.63, 3.8) is 0 Å². The lowest BCUT2D eigenvalue weighted by Gasteiger charge is -2.11. The molecule has 0 bridgehead atoms. The summed E-state index contributed by atoms with van der Waals surface area (Å²) in [5.74, 6) is 0. The Morgan fingerprint density at radius 1 is 1.20 bits per heavy atom. The van der Waals surface area contributed by atoms with E-state index < -0.39 is 6.09 Å². The maximum absolute atomic E-state index is 11.1. The Morgan fingerprint density at radius 2 is 1.90 bits per heavy atom. The maximum Gasteiger partial charge on any atom is 0.425 e. The number of amides is 1. The van der Waals surface area contributed by atoms with Crippen LogP contribution in [-0.4, -0.2) is 17.8 Å². The molecule has 0 aromatic heterocycles. The van der Waals surface area contributed by atoms with Crippen LogP contribution < -0.4 is 16.2 Å². The molecule has 1 amide bonds. The average Bonchev–Trinajstić information content (AvgIpc) is 2.45. The largest absolute Gasteiger partial charge is 0.449 e. The van der Waals surface area contributed by atoms with E-state index in [1.807, 2.05) is 12.1 Å². The minimum Gasteiger partial charge on any atom is -0.449 e. The zero-order chi connectivity index (χ0) is 14.8. The third-order valence-corrected chi connectivity index (χ3v) is 2.79. The maximum atomic E-state index is 11.1. The Morgan fingerprint density at radius 3 is 2.50 bits per heavy atom. The summed E-state index contributed by atoms with van der Waals surface area (Å²) in [6.45, 7) is 4.22. The molecule has 0 unspecified atom stereocenters. The number of nitrogens with one attached hydrogen (secondary N) is 3. The van der Waals surface area contributed by atoms with Crippen molar-refractivity contribution in [3.8, 4) is 0 Å². The molecular weight excluding hydrogens is 274 g/mol. The van der Waals surface area contributed by atoms with Crippen molar-refractivity contribution in [1.82, 2.24) is 10.9 Å². The van der Waals surface area contributed by atoms with E-state index in [1.165, 1.54) is 18.4 Å². The summed E-state index contributed by atoms with van der Waals surface area (Å²) in [4.78, 5) is 11.1. The van der Waals surface area contributed by atoms with Gasteiger partial charge in [-0.1, -0.05) is 25.5 Å². The van der Waals surface area contributed by atoms with Gasteiger partial charge in [-0.25, -0.2) is 10.2 Å². The molecule has 1 rings (SSSR count). The number of benzene rings is 1. The summed E-state index contributed by atoms with van der Waals surface area (Å²) >= 11 is 5.05. The number of rotatable bonds is 5. The van der Waals surface area contributed by atoms with Crippen molar-refractivity contribution < 1.29 is 9.53 Å². The third kappa shape index (κ3) is 6.38. The van der Waals surface area contributed by atoms with Crippen molar-refractivity contribution in [1.29, 1.82) is 0 Å². The van der Waals surface area contributed by atoms with Crippen LogP contribution in [0.5, 0.6) is 0 Å². The van der Waals surface area contributed by atoms with Crippen LogP contribution in [0.25, 0.3) is 0 Å². The number of hydrogen-bond acceptors (Lipinski definition) is 3. The number of ether oxygens (including phenoxy) is 1. The molecule has 1 aromatic carbocycles.